The Morgan fingerprint density at radius 3 is 2.25 bits per heavy atom. The van der Waals surface area contributed by atoms with Crippen molar-refractivity contribution in [2.24, 2.45) is 0 Å². The van der Waals surface area contributed by atoms with Crippen LogP contribution in [-0.4, -0.2) is 0 Å². The average Bonchev–Trinajstić information content (AvgIpc) is 2.33. The van der Waals surface area contributed by atoms with Crippen LogP contribution in [0.4, 0.5) is 0 Å². The highest BCUT2D eigenvalue weighted by molar-refractivity contribution is 6.30. The summed E-state index contributed by atoms with van der Waals surface area (Å²) in [6.07, 6.45) is 5.24. The van der Waals surface area contributed by atoms with Crippen molar-refractivity contribution in [2.75, 3.05) is 0 Å². The van der Waals surface area contributed by atoms with E-state index in [1.54, 1.807) is 0 Å². The molecule has 0 atom stereocenters. The van der Waals surface area contributed by atoms with Gasteiger partial charge in [-0.15, -0.1) is 0 Å². The first-order valence-electron chi connectivity index (χ1n) is 5.30. The topological polar surface area (TPSA) is 0 Å². The molecule has 0 aromatic heterocycles. The summed E-state index contributed by atoms with van der Waals surface area (Å²) in [5.74, 6) is 0. The zero-order valence-corrected chi connectivity index (χ0v) is 9.69. The van der Waals surface area contributed by atoms with Crippen LogP contribution in [0.2, 0.25) is 5.02 Å². The lowest BCUT2D eigenvalue weighted by Crippen LogP contribution is -1.78. The molecular weight excluding hydrogens is 216 g/mol. The first kappa shape index (κ1) is 11.0. The van der Waals surface area contributed by atoms with Crippen molar-refractivity contribution >= 4 is 17.7 Å². The summed E-state index contributed by atoms with van der Waals surface area (Å²) in [6, 6.07) is 18.3. The molecule has 0 heterocycles. The average molecular weight is 229 g/mol. The number of allylic oxidation sites excluding steroid dienone is 1. The lowest BCUT2D eigenvalue weighted by molar-refractivity contribution is 1.28. The van der Waals surface area contributed by atoms with Gasteiger partial charge in [-0.05, 0) is 29.7 Å². The molecule has 0 radical (unpaired) electrons. The fourth-order valence-corrected chi connectivity index (χ4v) is 1.65. The van der Waals surface area contributed by atoms with E-state index in [1.165, 1.54) is 11.1 Å². The van der Waals surface area contributed by atoms with E-state index in [0.29, 0.717) is 0 Å². The van der Waals surface area contributed by atoms with E-state index in [-0.39, 0.29) is 0 Å². The summed E-state index contributed by atoms with van der Waals surface area (Å²) in [5, 5.41) is 0.778. The van der Waals surface area contributed by atoms with Crippen molar-refractivity contribution < 1.29 is 0 Å². The van der Waals surface area contributed by atoms with Crippen molar-refractivity contribution in [3.8, 4) is 0 Å². The Hall–Kier alpha value is -1.53. The van der Waals surface area contributed by atoms with Crippen LogP contribution in [0, 0.1) is 0 Å². The van der Waals surface area contributed by atoms with Gasteiger partial charge in [0, 0.05) is 5.02 Å². The smallest absolute Gasteiger partial charge is 0.0406 e. The van der Waals surface area contributed by atoms with E-state index >= 15 is 0 Å². The van der Waals surface area contributed by atoms with Gasteiger partial charge in [-0.25, -0.2) is 0 Å². The second-order valence-corrected chi connectivity index (χ2v) is 4.08. The van der Waals surface area contributed by atoms with Crippen LogP contribution in [0.1, 0.15) is 11.1 Å². The van der Waals surface area contributed by atoms with Crippen LogP contribution in [0.5, 0.6) is 0 Å². The fraction of sp³-hybridized carbons (Fsp3) is 0.0667. The molecule has 0 aliphatic rings. The van der Waals surface area contributed by atoms with Gasteiger partial charge >= 0.3 is 0 Å². The zero-order valence-electron chi connectivity index (χ0n) is 8.94. The van der Waals surface area contributed by atoms with Crippen LogP contribution in [0.3, 0.4) is 0 Å². The molecule has 0 amide bonds. The summed E-state index contributed by atoms with van der Waals surface area (Å²) < 4.78 is 0. The minimum absolute atomic E-state index is 0.778. The molecule has 0 unspecified atom stereocenters. The highest BCUT2D eigenvalue weighted by atomic mass is 35.5. The number of benzene rings is 2. The monoisotopic (exact) mass is 228 g/mol. The van der Waals surface area contributed by atoms with E-state index in [0.717, 1.165) is 11.4 Å². The Morgan fingerprint density at radius 2 is 1.56 bits per heavy atom. The second kappa shape index (κ2) is 5.53. The summed E-state index contributed by atoms with van der Waals surface area (Å²) in [6.45, 7) is 0. The van der Waals surface area contributed by atoms with E-state index in [2.05, 4.69) is 36.4 Å². The Balaban J connectivity index is 1.98. The van der Waals surface area contributed by atoms with Crippen molar-refractivity contribution in [2.45, 2.75) is 6.42 Å². The molecule has 0 spiro atoms. The molecule has 0 aliphatic carbocycles. The summed E-state index contributed by atoms with van der Waals surface area (Å²) in [5.41, 5.74) is 2.51. The van der Waals surface area contributed by atoms with Gasteiger partial charge in [-0.1, -0.05) is 66.2 Å². The minimum Gasteiger partial charge on any atom is -0.0843 e. The van der Waals surface area contributed by atoms with Gasteiger partial charge in [0.1, 0.15) is 0 Å². The quantitative estimate of drug-likeness (QED) is 0.721. The third-order valence-corrected chi connectivity index (χ3v) is 2.63. The Labute approximate surface area is 101 Å². The third kappa shape index (κ3) is 3.25. The largest absolute Gasteiger partial charge is 0.0843 e. The van der Waals surface area contributed by atoms with Crippen LogP contribution < -0.4 is 0 Å². The molecule has 0 bridgehead atoms. The van der Waals surface area contributed by atoms with Gasteiger partial charge in [0.2, 0.25) is 0 Å². The molecule has 80 valence electrons. The van der Waals surface area contributed by atoms with Crippen molar-refractivity contribution in [1.29, 1.82) is 0 Å². The lowest BCUT2D eigenvalue weighted by atomic mass is 10.1. The first-order valence-corrected chi connectivity index (χ1v) is 5.68. The van der Waals surface area contributed by atoms with Gasteiger partial charge in [-0.3, -0.25) is 0 Å². The van der Waals surface area contributed by atoms with Gasteiger partial charge in [0.25, 0.3) is 0 Å². The van der Waals surface area contributed by atoms with Gasteiger partial charge in [-0.2, -0.15) is 0 Å². The highest BCUT2D eigenvalue weighted by Gasteiger charge is 1.88. The van der Waals surface area contributed by atoms with E-state index < -0.39 is 0 Å². The summed E-state index contributed by atoms with van der Waals surface area (Å²) in [7, 11) is 0. The Morgan fingerprint density at radius 1 is 0.875 bits per heavy atom. The van der Waals surface area contributed by atoms with Crippen LogP contribution in [-0.2, 0) is 6.42 Å². The standard InChI is InChI=1S/C15H13Cl/c16-15-11-9-14(10-12-15)8-4-7-13-5-2-1-3-6-13/h1-6,8-12H,7H2. The SMILES string of the molecule is Clc1ccc(C=CCc2ccccc2)cc1. The predicted octanol–water partition coefficient (Wildman–Crippen LogP) is 4.60. The molecule has 0 N–H and O–H groups in total. The molecule has 2 aromatic rings. The van der Waals surface area contributed by atoms with Gasteiger partial charge in [0.05, 0.1) is 0 Å². The highest BCUT2D eigenvalue weighted by Crippen LogP contribution is 2.11. The van der Waals surface area contributed by atoms with Crippen LogP contribution in [0.15, 0.2) is 60.7 Å². The molecule has 0 saturated carbocycles. The second-order valence-electron chi connectivity index (χ2n) is 3.64. The fourth-order valence-electron chi connectivity index (χ4n) is 1.52. The van der Waals surface area contributed by atoms with Crippen LogP contribution in [0.25, 0.3) is 6.08 Å². The van der Waals surface area contributed by atoms with Gasteiger partial charge in [0.15, 0.2) is 0 Å². The van der Waals surface area contributed by atoms with Crippen molar-refractivity contribution in [3.63, 3.8) is 0 Å². The molecule has 2 rings (SSSR count). The molecule has 0 fully saturated rings. The molecule has 0 aliphatic heterocycles. The van der Waals surface area contributed by atoms with Crippen LogP contribution >= 0.6 is 11.6 Å². The predicted molar refractivity (Wildman–Crippen MR) is 70.6 cm³/mol. The van der Waals surface area contributed by atoms with E-state index in [9.17, 15) is 0 Å². The number of hydrogen-bond acceptors (Lipinski definition) is 0. The number of rotatable bonds is 3. The van der Waals surface area contributed by atoms with E-state index in [1.807, 2.05) is 30.3 Å². The normalized spacial score (nSPS) is 10.8. The Kier molecular flexibility index (Phi) is 3.79. The molecular formula is C15H13Cl. The van der Waals surface area contributed by atoms with E-state index in [4.69, 9.17) is 11.6 Å². The van der Waals surface area contributed by atoms with Crippen molar-refractivity contribution in [3.05, 3.63) is 76.8 Å². The molecule has 0 saturated heterocycles. The third-order valence-electron chi connectivity index (χ3n) is 2.38. The number of halogens is 1. The molecule has 2 aromatic carbocycles. The lowest BCUT2D eigenvalue weighted by Gasteiger charge is -1.95. The maximum absolute atomic E-state index is 5.82. The minimum atomic E-state index is 0.778. The maximum atomic E-state index is 5.82. The van der Waals surface area contributed by atoms with Gasteiger partial charge < -0.3 is 0 Å². The molecule has 16 heavy (non-hydrogen) atoms. The molecule has 1 heteroatoms. The molecule has 0 nitrogen and oxygen atoms in total. The number of hydrogen-bond donors (Lipinski definition) is 0. The zero-order chi connectivity index (χ0) is 11.2. The first-order chi connectivity index (χ1) is 7.84. The maximum Gasteiger partial charge on any atom is 0.0406 e. The Bertz CT molecular complexity index is 455. The summed E-state index contributed by atoms with van der Waals surface area (Å²) >= 11 is 5.82. The summed E-state index contributed by atoms with van der Waals surface area (Å²) in [4.78, 5) is 0. The van der Waals surface area contributed by atoms with Crippen molar-refractivity contribution in [1.82, 2.24) is 0 Å².